The van der Waals surface area contributed by atoms with Gasteiger partial charge in [0.15, 0.2) is 0 Å². The van der Waals surface area contributed by atoms with E-state index in [4.69, 9.17) is 5.73 Å². The maximum atomic E-state index is 11.9. The number of carbonyl (C=O) groups excluding carboxylic acids is 2. The second-order valence-corrected chi connectivity index (χ2v) is 4.06. The topological polar surface area (TPSA) is 66.6 Å². The van der Waals surface area contributed by atoms with E-state index >= 15 is 0 Å². The minimum absolute atomic E-state index is 0.0309. The van der Waals surface area contributed by atoms with Gasteiger partial charge in [-0.25, -0.2) is 0 Å². The Morgan fingerprint density at radius 3 is 2.94 bits per heavy atom. The molecule has 1 aliphatic rings. The molecule has 16 heavy (non-hydrogen) atoms. The minimum Gasteiger partial charge on any atom is -0.344 e. The highest BCUT2D eigenvalue weighted by Gasteiger charge is 2.25. The number of nitrogens with two attached hydrogens (primary N) is 1. The first-order valence-electron chi connectivity index (χ1n) is 5.45. The van der Waals surface area contributed by atoms with Crippen molar-refractivity contribution in [2.45, 2.75) is 18.9 Å². The molecule has 0 spiro atoms. The number of nitrogens with zero attached hydrogens (tertiary/aromatic N) is 2. The van der Waals surface area contributed by atoms with E-state index in [1.54, 1.807) is 22.9 Å². The summed E-state index contributed by atoms with van der Waals surface area (Å²) in [5, 5.41) is 0. The predicted octanol–water partition coefficient (Wildman–Crippen LogP) is -0.419. The van der Waals surface area contributed by atoms with Crippen LogP contribution in [0, 0.1) is 0 Å². The van der Waals surface area contributed by atoms with Crippen LogP contribution in [0.15, 0.2) is 12.7 Å². The first-order chi connectivity index (χ1) is 7.56. The van der Waals surface area contributed by atoms with Gasteiger partial charge in [0.1, 0.15) is 0 Å². The molecule has 90 valence electrons. The largest absolute Gasteiger partial charge is 0.344 e. The lowest BCUT2D eigenvalue weighted by atomic mass is 10.2. The molecule has 0 saturated carbocycles. The Kier molecular flexibility index (Phi) is 4.49. The van der Waals surface area contributed by atoms with E-state index in [-0.39, 0.29) is 18.4 Å². The molecule has 0 radical (unpaired) electrons. The van der Waals surface area contributed by atoms with Crippen molar-refractivity contribution in [3.8, 4) is 0 Å². The maximum absolute atomic E-state index is 11.9. The van der Waals surface area contributed by atoms with Crippen molar-refractivity contribution in [2.75, 3.05) is 26.7 Å². The number of hydrogen-bond donors (Lipinski definition) is 1. The van der Waals surface area contributed by atoms with Crippen molar-refractivity contribution >= 4 is 11.8 Å². The predicted molar refractivity (Wildman–Crippen MR) is 61.6 cm³/mol. The third-order valence-corrected chi connectivity index (χ3v) is 2.72. The van der Waals surface area contributed by atoms with Crippen LogP contribution in [0.1, 0.15) is 12.8 Å². The number of hydrogen-bond acceptors (Lipinski definition) is 3. The molecule has 0 aromatic carbocycles. The molecule has 2 amide bonds. The Hall–Kier alpha value is -1.36. The summed E-state index contributed by atoms with van der Waals surface area (Å²) in [5.74, 6) is -0.194. The summed E-state index contributed by atoms with van der Waals surface area (Å²) in [5.41, 5.74) is 5.70. The molecule has 0 bridgehead atoms. The van der Waals surface area contributed by atoms with Gasteiger partial charge in [-0.05, 0) is 12.8 Å². The van der Waals surface area contributed by atoms with Gasteiger partial charge >= 0.3 is 0 Å². The molecule has 0 aromatic rings. The van der Waals surface area contributed by atoms with Crippen LogP contribution in [0.4, 0.5) is 0 Å². The lowest BCUT2D eigenvalue weighted by Gasteiger charge is -2.22. The summed E-state index contributed by atoms with van der Waals surface area (Å²) in [4.78, 5) is 26.6. The summed E-state index contributed by atoms with van der Waals surface area (Å²) < 4.78 is 0. The summed E-state index contributed by atoms with van der Waals surface area (Å²) in [6, 6.07) is -0.575. The van der Waals surface area contributed by atoms with Gasteiger partial charge in [-0.2, -0.15) is 0 Å². The Morgan fingerprint density at radius 2 is 2.31 bits per heavy atom. The fourth-order valence-electron chi connectivity index (χ4n) is 1.69. The van der Waals surface area contributed by atoms with Gasteiger partial charge in [0, 0.05) is 20.1 Å². The average molecular weight is 225 g/mol. The van der Waals surface area contributed by atoms with Gasteiger partial charge in [-0.3, -0.25) is 9.59 Å². The van der Waals surface area contributed by atoms with Crippen LogP contribution in [0.25, 0.3) is 0 Å². The van der Waals surface area contributed by atoms with Crippen LogP contribution in [0.3, 0.4) is 0 Å². The Labute approximate surface area is 95.9 Å². The normalized spacial score (nSPS) is 19.2. The molecule has 1 atom stereocenters. The smallest absolute Gasteiger partial charge is 0.241 e. The van der Waals surface area contributed by atoms with Crippen molar-refractivity contribution in [2.24, 2.45) is 5.73 Å². The Bertz CT molecular complexity index is 291. The zero-order valence-corrected chi connectivity index (χ0v) is 9.69. The fourth-order valence-corrected chi connectivity index (χ4v) is 1.69. The summed E-state index contributed by atoms with van der Waals surface area (Å²) in [6.07, 6.45) is 2.86. The van der Waals surface area contributed by atoms with Gasteiger partial charge in [0.05, 0.1) is 12.6 Å². The molecule has 0 aromatic heterocycles. The third kappa shape index (κ3) is 3.06. The molecule has 5 nitrogen and oxygen atoms in total. The lowest BCUT2D eigenvalue weighted by molar-refractivity contribution is -0.138. The van der Waals surface area contributed by atoms with Crippen LogP contribution in [0.2, 0.25) is 0 Å². The highest BCUT2D eigenvalue weighted by molar-refractivity contribution is 5.87. The second-order valence-electron chi connectivity index (χ2n) is 4.06. The maximum Gasteiger partial charge on any atom is 0.241 e. The molecule has 5 heteroatoms. The average Bonchev–Trinajstić information content (AvgIpc) is 2.41. The van der Waals surface area contributed by atoms with Gasteiger partial charge in [-0.1, -0.05) is 6.08 Å². The molecular formula is C11H19N3O2. The number of carbonyl (C=O) groups is 2. The van der Waals surface area contributed by atoms with E-state index in [9.17, 15) is 9.59 Å². The molecule has 1 saturated heterocycles. The van der Waals surface area contributed by atoms with E-state index in [0.29, 0.717) is 19.5 Å². The standard InChI is InChI=1S/C11H19N3O2/c1-3-5-9(12)11(16)14-7-4-6-13(2)10(15)8-14/h3,9H,1,4-8,12H2,2H3. The van der Waals surface area contributed by atoms with Gasteiger partial charge in [0.25, 0.3) is 0 Å². The summed E-state index contributed by atoms with van der Waals surface area (Å²) in [6.45, 7) is 4.98. The van der Waals surface area contributed by atoms with Gasteiger partial charge in [0.2, 0.25) is 11.8 Å². The van der Waals surface area contributed by atoms with E-state index in [1.165, 1.54) is 0 Å². The number of rotatable bonds is 3. The second kappa shape index (κ2) is 5.65. The zero-order valence-electron chi connectivity index (χ0n) is 9.69. The Morgan fingerprint density at radius 1 is 1.62 bits per heavy atom. The van der Waals surface area contributed by atoms with Gasteiger partial charge < -0.3 is 15.5 Å². The quantitative estimate of drug-likeness (QED) is 0.663. The molecule has 0 aliphatic carbocycles. The van der Waals surface area contributed by atoms with Crippen LogP contribution in [-0.2, 0) is 9.59 Å². The third-order valence-electron chi connectivity index (χ3n) is 2.72. The molecule has 1 rings (SSSR count). The van der Waals surface area contributed by atoms with Crippen molar-refractivity contribution in [1.29, 1.82) is 0 Å². The number of likely N-dealkylation sites (N-methyl/N-ethyl adjacent to an activating group) is 1. The molecule has 1 unspecified atom stereocenters. The van der Waals surface area contributed by atoms with Crippen LogP contribution in [-0.4, -0.2) is 54.3 Å². The highest BCUT2D eigenvalue weighted by atomic mass is 16.2. The monoisotopic (exact) mass is 225 g/mol. The van der Waals surface area contributed by atoms with Crippen molar-refractivity contribution < 1.29 is 9.59 Å². The van der Waals surface area contributed by atoms with Crippen molar-refractivity contribution in [3.05, 3.63) is 12.7 Å². The van der Waals surface area contributed by atoms with E-state index in [1.807, 2.05) is 0 Å². The first-order valence-corrected chi connectivity index (χ1v) is 5.45. The molecule has 1 fully saturated rings. The lowest BCUT2D eigenvalue weighted by Crippen LogP contribution is -2.46. The van der Waals surface area contributed by atoms with Crippen LogP contribution < -0.4 is 5.73 Å². The summed E-state index contributed by atoms with van der Waals surface area (Å²) >= 11 is 0. The molecule has 1 heterocycles. The fraction of sp³-hybridized carbons (Fsp3) is 0.636. The molecule has 1 aliphatic heterocycles. The van der Waals surface area contributed by atoms with Crippen molar-refractivity contribution in [3.63, 3.8) is 0 Å². The highest BCUT2D eigenvalue weighted by Crippen LogP contribution is 2.05. The molecule has 2 N–H and O–H groups in total. The minimum atomic E-state index is -0.575. The van der Waals surface area contributed by atoms with Gasteiger partial charge in [-0.15, -0.1) is 6.58 Å². The first kappa shape index (κ1) is 12.7. The summed E-state index contributed by atoms with van der Waals surface area (Å²) in [7, 11) is 1.75. The van der Waals surface area contributed by atoms with E-state index in [0.717, 1.165) is 6.42 Å². The van der Waals surface area contributed by atoms with Crippen LogP contribution in [0.5, 0.6) is 0 Å². The number of amides is 2. The molecular weight excluding hydrogens is 206 g/mol. The van der Waals surface area contributed by atoms with E-state index < -0.39 is 6.04 Å². The zero-order chi connectivity index (χ0) is 12.1. The SMILES string of the molecule is C=CCC(N)C(=O)N1CCCN(C)C(=O)C1. The Balaban J connectivity index is 2.61. The van der Waals surface area contributed by atoms with Crippen LogP contribution >= 0.6 is 0 Å². The van der Waals surface area contributed by atoms with E-state index in [2.05, 4.69) is 6.58 Å². The van der Waals surface area contributed by atoms with Crippen molar-refractivity contribution in [1.82, 2.24) is 9.80 Å².